The second-order valence-electron chi connectivity index (χ2n) is 4.80. The number of nitrogens with zero attached hydrogens (tertiary/aromatic N) is 1. The molecule has 2 N–H and O–H groups in total. The highest BCUT2D eigenvalue weighted by atomic mass is 79.9. The van der Waals surface area contributed by atoms with Crippen LogP contribution in [0.15, 0.2) is 22.7 Å². The molecule has 1 heterocycles. The summed E-state index contributed by atoms with van der Waals surface area (Å²) in [5.74, 6) is 1.47. The molecule has 3 nitrogen and oxygen atoms in total. The summed E-state index contributed by atoms with van der Waals surface area (Å²) in [5, 5.41) is 0. The highest BCUT2D eigenvalue weighted by Crippen LogP contribution is 2.27. The zero-order chi connectivity index (χ0) is 12.4. The SMILES string of the molecule is COc1ccc(CN2CC(C)C(N)C2)cc1Br.Cl. The zero-order valence-electron chi connectivity index (χ0n) is 10.7. The van der Waals surface area contributed by atoms with E-state index in [2.05, 4.69) is 39.9 Å². The van der Waals surface area contributed by atoms with Crippen molar-refractivity contribution in [2.24, 2.45) is 11.7 Å². The van der Waals surface area contributed by atoms with Crippen molar-refractivity contribution >= 4 is 28.3 Å². The Hall–Kier alpha value is -0.290. The molecular formula is C13H20BrClN2O. The minimum absolute atomic E-state index is 0. The van der Waals surface area contributed by atoms with Crippen molar-refractivity contribution in [2.45, 2.75) is 19.5 Å². The van der Waals surface area contributed by atoms with E-state index in [0.717, 1.165) is 29.9 Å². The van der Waals surface area contributed by atoms with Gasteiger partial charge in [-0.1, -0.05) is 13.0 Å². The second kappa shape index (κ2) is 6.75. The minimum Gasteiger partial charge on any atom is -0.496 e. The van der Waals surface area contributed by atoms with Crippen LogP contribution in [-0.4, -0.2) is 31.1 Å². The first-order valence-corrected chi connectivity index (χ1v) is 6.70. The largest absolute Gasteiger partial charge is 0.496 e. The Balaban J connectivity index is 0.00000162. The molecular weight excluding hydrogens is 316 g/mol. The summed E-state index contributed by atoms with van der Waals surface area (Å²) in [6.07, 6.45) is 0. The Morgan fingerprint density at radius 1 is 1.44 bits per heavy atom. The van der Waals surface area contributed by atoms with Crippen LogP contribution in [0.25, 0.3) is 0 Å². The van der Waals surface area contributed by atoms with Gasteiger partial charge >= 0.3 is 0 Å². The number of halogens is 2. The summed E-state index contributed by atoms with van der Waals surface area (Å²) in [7, 11) is 1.68. The van der Waals surface area contributed by atoms with Gasteiger partial charge in [0.2, 0.25) is 0 Å². The van der Waals surface area contributed by atoms with Crippen molar-refractivity contribution in [3.05, 3.63) is 28.2 Å². The molecule has 0 radical (unpaired) electrons. The molecule has 1 aliphatic heterocycles. The maximum atomic E-state index is 6.03. The van der Waals surface area contributed by atoms with Crippen molar-refractivity contribution in [1.82, 2.24) is 4.90 Å². The molecule has 0 aliphatic carbocycles. The van der Waals surface area contributed by atoms with E-state index in [0.29, 0.717) is 12.0 Å². The average molecular weight is 336 g/mol. The quantitative estimate of drug-likeness (QED) is 0.923. The van der Waals surface area contributed by atoms with E-state index in [1.807, 2.05) is 6.07 Å². The van der Waals surface area contributed by atoms with Gasteiger partial charge in [0.15, 0.2) is 0 Å². The van der Waals surface area contributed by atoms with Crippen molar-refractivity contribution in [3.63, 3.8) is 0 Å². The lowest BCUT2D eigenvalue weighted by molar-refractivity contribution is 0.318. The Morgan fingerprint density at radius 2 is 2.17 bits per heavy atom. The average Bonchev–Trinajstić information content (AvgIpc) is 2.58. The van der Waals surface area contributed by atoms with E-state index in [1.54, 1.807) is 7.11 Å². The summed E-state index contributed by atoms with van der Waals surface area (Å²) in [4.78, 5) is 2.41. The molecule has 1 aromatic carbocycles. The van der Waals surface area contributed by atoms with Crippen LogP contribution in [0.3, 0.4) is 0 Å². The summed E-state index contributed by atoms with van der Waals surface area (Å²) in [6.45, 7) is 5.25. The number of hydrogen-bond donors (Lipinski definition) is 1. The summed E-state index contributed by atoms with van der Waals surface area (Å²) >= 11 is 3.51. The van der Waals surface area contributed by atoms with Crippen LogP contribution in [0.1, 0.15) is 12.5 Å². The van der Waals surface area contributed by atoms with Gasteiger partial charge in [0.1, 0.15) is 5.75 Å². The molecule has 2 rings (SSSR count). The van der Waals surface area contributed by atoms with Gasteiger partial charge in [0, 0.05) is 25.7 Å². The second-order valence-corrected chi connectivity index (χ2v) is 5.66. The molecule has 102 valence electrons. The molecule has 5 heteroatoms. The number of methoxy groups -OCH3 is 1. The Labute approximate surface area is 123 Å². The lowest BCUT2D eigenvalue weighted by Crippen LogP contribution is -2.28. The fraction of sp³-hybridized carbons (Fsp3) is 0.538. The van der Waals surface area contributed by atoms with Gasteiger partial charge in [-0.15, -0.1) is 12.4 Å². The fourth-order valence-electron chi connectivity index (χ4n) is 2.29. The normalized spacial score (nSPS) is 23.8. The summed E-state index contributed by atoms with van der Waals surface area (Å²) in [6, 6.07) is 6.54. The van der Waals surface area contributed by atoms with Gasteiger partial charge in [0.25, 0.3) is 0 Å². The summed E-state index contributed by atoms with van der Waals surface area (Å²) in [5.41, 5.74) is 7.32. The van der Waals surface area contributed by atoms with Crippen LogP contribution in [0, 0.1) is 5.92 Å². The number of benzene rings is 1. The molecule has 2 atom stereocenters. The molecule has 18 heavy (non-hydrogen) atoms. The van der Waals surface area contributed by atoms with E-state index in [9.17, 15) is 0 Å². The Bertz CT molecular complexity index is 393. The number of ether oxygens (including phenoxy) is 1. The van der Waals surface area contributed by atoms with E-state index in [1.165, 1.54) is 5.56 Å². The van der Waals surface area contributed by atoms with Crippen LogP contribution in [0.2, 0.25) is 0 Å². The highest BCUT2D eigenvalue weighted by Gasteiger charge is 2.26. The van der Waals surface area contributed by atoms with Crippen LogP contribution < -0.4 is 10.5 Å². The third-order valence-corrected chi connectivity index (χ3v) is 3.99. The van der Waals surface area contributed by atoms with E-state index in [-0.39, 0.29) is 12.4 Å². The smallest absolute Gasteiger partial charge is 0.133 e. The van der Waals surface area contributed by atoms with E-state index < -0.39 is 0 Å². The molecule has 0 aromatic heterocycles. The van der Waals surface area contributed by atoms with Crippen LogP contribution >= 0.6 is 28.3 Å². The molecule has 1 aromatic rings. The van der Waals surface area contributed by atoms with Gasteiger partial charge in [-0.05, 0) is 39.5 Å². The first-order valence-electron chi connectivity index (χ1n) is 5.90. The fourth-order valence-corrected chi connectivity index (χ4v) is 2.88. The minimum atomic E-state index is 0. The van der Waals surface area contributed by atoms with Crippen molar-refractivity contribution in [2.75, 3.05) is 20.2 Å². The molecule has 1 aliphatic rings. The van der Waals surface area contributed by atoms with Gasteiger partial charge in [0.05, 0.1) is 11.6 Å². The maximum Gasteiger partial charge on any atom is 0.133 e. The van der Waals surface area contributed by atoms with Crippen molar-refractivity contribution in [3.8, 4) is 5.75 Å². The van der Waals surface area contributed by atoms with Crippen LogP contribution in [0.4, 0.5) is 0 Å². The third kappa shape index (κ3) is 3.60. The number of likely N-dealkylation sites (tertiary alicyclic amines) is 1. The first-order chi connectivity index (χ1) is 8.10. The number of hydrogen-bond acceptors (Lipinski definition) is 3. The van der Waals surface area contributed by atoms with E-state index >= 15 is 0 Å². The van der Waals surface area contributed by atoms with Crippen LogP contribution in [0.5, 0.6) is 5.75 Å². The number of rotatable bonds is 3. The predicted octanol–water partition coefficient (Wildman–Crippen LogP) is 2.66. The standard InChI is InChI=1S/C13H19BrN2O.ClH/c1-9-6-16(8-12(9)15)7-10-3-4-13(17-2)11(14)5-10;/h3-5,9,12H,6-8,15H2,1-2H3;1H. The monoisotopic (exact) mass is 334 g/mol. The predicted molar refractivity (Wildman–Crippen MR) is 80.4 cm³/mol. The highest BCUT2D eigenvalue weighted by molar-refractivity contribution is 9.10. The molecule has 1 fully saturated rings. The van der Waals surface area contributed by atoms with Gasteiger partial charge in [-0.25, -0.2) is 0 Å². The maximum absolute atomic E-state index is 6.03. The zero-order valence-corrected chi connectivity index (χ0v) is 13.1. The van der Waals surface area contributed by atoms with Crippen molar-refractivity contribution < 1.29 is 4.74 Å². The van der Waals surface area contributed by atoms with Gasteiger partial charge in [-0.3, -0.25) is 4.90 Å². The lowest BCUT2D eigenvalue weighted by Gasteiger charge is -2.16. The van der Waals surface area contributed by atoms with Gasteiger partial charge in [-0.2, -0.15) is 0 Å². The number of nitrogens with two attached hydrogens (primary N) is 1. The third-order valence-electron chi connectivity index (χ3n) is 3.37. The molecule has 0 amide bonds. The first kappa shape index (κ1) is 15.8. The van der Waals surface area contributed by atoms with Crippen LogP contribution in [-0.2, 0) is 6.54 Å². The van der Waals surface area contributed by atoms with Gasteiger partial charge < -0.3 is 10.5 Å². The molecule has 0 spiro atoms. The topological polar surface area (TPSA) is 38.5 Å². The Kier molecular flexibility index (Phi) is 5.92. The Morgan fingerprint density at radius 3 is 2.67 bits per heavy atom. The van der Waals surface area contributed by atoms with E-state index in [4.69, 9.17) is 10.5 Å². The molecule has 2 unspecified atom stereocenters. The molecule has 1 saturated heterocycles. The van der Waals surface area contributed by atoms with Crippen molar-refractivity contribution in [1.29, 1.82) is 0 Å². The molecule has 0 saturated carbocycles. The lowest BCUT2D eigenvalue weighted by atomic mass is 10.1. The molecule has 0 bridgehead atoms. The summed E-state index contributed by atoms with van der Waals surface area (Å²) < 4.78 is 6.23.